The van der Waals surface area contributed by atoms with Crippen LogP contribution in [-0.2, 0) is 0 Å². The van der Waals surface area contributed by atoms with Gasteiger partial charge in [-0.3, -0.25) is 0 Å². The van der Waals surface area contributed by atoms with Gasteiger partial charge in [0, 0.05) is 22.3 Å². The largest absolute Gasteiger partial charge is 0.392 e. The van der Waals surface area contributed by atoms with Gasteiger partial charge in [-0.25, -0.2) is 0 Å². The van der Waals surface area contributed by atoms with E-state index in [0.29, 0.717) is 12.6 Å². The highest BCUT2D eigenvalue weighted by Crippen LogP contribution is 2.25. The Bertz CT molecular complexity index is 309. The normalized spacial score (nSPS) is 15.3. The summed E-state index contributed by atoms with van der Waals surface area (Å²) in [4.78, 5) is 2.73. The van der Waals surface area contributed by atoms with Crippen LogP contribution >= 0.6 is 11.3 Å². The van der Waals surface area contributed by atoms with Gasteiger partial charge in [0.25, 0.3) is 0 Å². The second kappa shape index (κ2) is 5.64. The molecule has 2 N–H and O–H groups in total. The molecule has 0 radical (unpaired) electrons. The van der Waals surface area contributed by atoms with Gasteiger partial charge in [0.1, 0.15) is 0 Å². The third kappa shape index (κ3) is 3.59. The second-order valence-electron chi connectivity index (χ2n) is 4.06. The third-order valence-electron chi connectivity index (χ3n) is 2.68. The molecule has 3 heteroatoms. The van der Waals surface area contributed by atoms with E-state index in [-0.39, 0.29) is 6.10 Å². The van der Waals surface area contributed by atoms with Gasteiger partial charge in [0.05, 0.1) is 6.10 Å². The van der Waals surface area contributed by atoms with Gasteiger partial charge in [-0.1, -0.05) is 6.92 Å². The number of thiophene rings is 1. The van der Waals surface area contributed by atoms with Gasteiger partial charge in [-0.15, -0.1) is 11.3 Å². The highest BCUT2D eigenvalue weighted by Gasteiger charge is 2.11. The molecule has 1 aromatic rings. The van der Waals surface area contributed by atoms with Crippen molar-refractivity contribution in [2.24, 2.45) is 0 Å². The smallest absolute Gasteiger partial charge is 0.0662 e. The summed E-state index contributed by atoms with van der Waals surface area (Å²) in [5.41, 5.74) is 1.36. The molecule has 2 nitrogen and oxygen atoms in total. The van der Waals surface area contributed by atoms with Crippen LogP contribution in [0, 0.1) is 13.8 Å². The summed E-state index contributed by atoms with van der Waals surface area (Å²) in [5.74, 6) is 0. The van der Waals surface area contributed by atoms with E-state index in [9.17, 15) is 5.11 Å². The molecule has 1 heterocycles. The molecular formula is C12H21NOS. The van der Waals surface area contributed by atoms with Crippen molar-refractivity contribution in [1.82, 2.24) is 5.32 Å². The summed E-state index contributed by atoms with van der Waals surface area (Å²) < 4.78 is 0. The molecule has 0 spiro atoms. The van der Waals surface area contributed by atoms with Crippen LogP contribution < -0.4 is 5.32 Å². The molecule has 0 amide bonds. The number of aliphatic hydroxyl groups is 1. The minimum atomic E-state index is -0.229. The van der Waals surface area contributed by atoms with Crippen molar-refractivity contribution < 1.29 is 5.11 Å². The Kier molecular flexibility index (Phi) is 4.77. The average Bonchev–Trinajstić information content (AvgIpc) is 2.53. The van der Waals surface area contributed by atoms with Crippen LogP contribution in [0.15, 0.2) is 6.07 Å². The van der Waals surface area contributed by atoms with Crippen molar-refractivity contribution in [2.45, 2.75) is 46.3 Å². The molecule has 86 valence electrons. The van der Waals surface area contributed by atoms with Gasteiger partial charge < -0.3 is 10.4 Å². The molecule has 2 atom stereocenters. The van der Waals surface area contributed by atoms with E-state index in [4.69, 9.17) is 0 Å². The lowest BCUT2D eigenvalue weighted by molar-refractivity contribution is 0.164. The zero-order valence-corrected chi connectivity index (χ0v) is 10.8. The standard InChI is InChI=1S/C12H21NOS/c1-5-11(14)7-13-9(3)12-6-8(2)15-10(12)4/h6,9,11,13-14H,5,7H2,1-4H3. The predicted molar refractivity (Wildman–Crippen MR) is 66.5 cm³/mol. The van der Waals surface area contributed by atoms with Gasteiger partial charge in [0.2, 0.25) is 0 Å². The first kappa shape index (κ1) is 12.7. The van der Waals surface area contributed by atoms with Crippen molar-refractivity contribution in [3.8, 4) is 0 Å². The lowest BCUT2D eigenvalue weighted by Gasteiger charge is -2.16. The van der Waals surface area contributed by atoms with Crippen molar-refractivity contribution in [3.63, 3.8) is 0 Å². The number of aliphatic hydroxyl groups excluding tert-OH is 1. The first-order valence-electron chi connectivity index (χ1n) is 5.53. The first-order chi connectivity index (χ1) is 7.04. The van der Waals surface area contributed by atoms with Gasteiger partial charge in [0.15, 0.2) is 0 Å². The molecule has 1 rings (SSSR count). The molecule has 15 heavy (non-hydrogen) atoms. The molecule has 2 unspecified atom stereocenters. The molecule has 1 aromatic heterocycles. The summed E-state index contributed by atoms with van der Waals surface area (Å²) in [6.07, 6.45) is 0.578. The minimum Gasteiger partial charge on any atom is -0.392 e. The molecule has 0 aliphatic carbocycles. The Morgan fingerprint density at radius 1 is 1.47 bits per heavy atom. The molecule has 0 aromatic carbocycles. The van der Waals surface area contributed by atoms with Crippen LogP contribution in [0.25, 0.3) is 0 Å². The fourth-order valence-corrected chi connectivity index (χ4v) is 2.67. The highest BCUT2D eigenvalue weighted by molar-refractivity contribution is 7.12. The zero-order valence-electron chi connectivity index (χ0n) is 10.0. The van der Waals surface area contributed by atoms with E-state index in [2.05, 4.69) is 32.2 Å². The fourth-order valence-electron chi connectivity index (χ4n) is 1.65. The maximum absolute atomic E-state index is 9.47. The molecule has 0 fully saturated rings. The summed E-state index contributed by atoms with van der Waals surface area (Å²) in [6.45, 7) is 9.11. The lowest BCUT2D eigenvalue weighted by Crippen LogP contribution is -2.28. The lowest BCUT2D eigenvalue weighted by atomic mass is 10.1. The highest BCUT2D eigenvalue weighted by atomic mass is 32.1. The Morgan fingerprint density at radius 2 is 2.13 bits per heavy atom. The first-order valence-corrected chi connectivity index (χ1v) is 6.34. The second-order valence-corrected chi connectivity index (χ2v) is 5.52. The summed E-state index contributed by atoms with van der Waals surface area (Å²) in [5, 5.41) is 12.8. The molecule has 0 aliphatic rings. The quantitative estimate of drug-likeness (QED) is 0.810. The monoisotopic (exact) mass is 227 g/mol. The van der Waals surface area contributed by atoms with E-state index < -0.39 is 0 Å². The molecule has 0 aliphatic heterocycles. The Balaban J connectivity index is 2.53. The van der Waals surface area contributed by atoms with E-state index in [1.165, 1.54) is 15.3 Å². The zero-order chi connectivity index (χ0) is 11.4. The minimum absolute atomic E-state index is 0.229. The summed E-state index contributed by atoms with van der Waals surface area (Å²) in [7, 11) is 0. The van der Waals surface area contributed by atoms with Crippen LogP contribution in [0.1, 0.15) is 41.6 Å². The fraction of sp³-hybridized carbons (Fsp3) is 0.667. The van der Waals surface area contributed by atoms with Gasteiger partial charge in [-0.2, -0.15) is 0 Å². The van der Waals surface area contributed by atoms with E-state index in [1.807, 2.05) is 18.3 Å². The number of rotatable bonds is 5. The van der Waals surface area contributed by atoms with Crippen molar-refractivity contribution in [1.29, 1.82) is 0 Å². The third-order valence-corrected chi connectivity index (χ3v) is 3.66. The Labute approximate surface area is 96.3 Å². The Hall–Kier alpha value is -0.380. The van der Waals surface area contributed by atoms with Gasteiger partial charge in [-0.05, 0) is 38.8 Å². The maximum Gasteiger partial charge on any atom is 0.0662 e. The van der Waals surface area contributed by atoms with E-state index in [1.54, 1.807) is 0 Å². The van der Waals surface area contributed by atoms with E-state index in [0.717, 1.165) is 6.42 Å². The average molecular weight is 227 g/mol. The van der Waals surface area contributed by atoms with Crippen molar-refractivity contribution in [3.05, 3.63) is 21.4 Å². The molecule has 0 saturated heterocycles. The topological polar surface area (TPSA) is 32.3 Å². The number of aryl methyl sites for hydroxylation is 2. The maximum atomic E-state index is 9.47. The number of hydrogen-bond donors (Lipinski definition) is 2. The van der Waals surface area contributed by atoms with Crippen molar-refractivity contribution in [2.75, 3.05) is 6.54 Å². The summed E-state index contributed by atoms with van der Waals surface area (Å²) in [6, 6.07) is 2.56. The van der Waals surface area contributed by atoms with Crippen LogP contribution in [0.5, 0.6) is 0 Å². The van der Waals surface area contributed by atoms with E-state index >= 15 is 0 Å². The SMILES string of the molecule is CCC(O)CNC(C)c1cc(C)sc1C. The molecule has 0 saturated carbocycles. The van der Waals surface area contributed by atoms with Crippen LogP contribution in [0.2, 0.25) is 0 Å². The molecular weight excluding hydrogens is 206 g/mol. The van der Waals surface area contributed by atoms with Crippen LogP contribution in [-0.4, -0.2) is 17.8 Å². The van der Waals surface area contributed by atoms with Gasteiger partial charge >= 0.3 is 0 Å². The molecule has 0 bridgehead atoms. The van der Waals surface area contributed by atoms with Crippen LogP contribution in [0.3, 0.4) is 0 Å². The number of nitrogens with one attached hydrogen (secondary N) is 1. The Morgan fingerprint density at radius 3 is 2.60 bits per heavy atom. The summed E-state index contributed by atoms with van der Waals surface area (Å²) >= 11 is 1.84. The number of hydrogen-bond acceptors (Lipinski definition) is 3. The van der Waals surface area contributed by atoms with Crippen LogP contribution in [0.4, 0.5) is 0 Å². The predicted octanol–water partition coefficient (Wildman–Crippen LogP) is 2.79. The van der Waals surface area contributed by atoms with Crippen molar-refractivity contribution >= 4 is 11.3 Å².